The highest BCUT2D eigenvalue weighted by molar-refractivity contribution is 5.68. The smallest absolute Gasteiger partial charge is 0.341 e. The molecule has 0 atom stereocenters. The van der Waals surface area contributed by atoms with Crippen LogP contribution in [-0.4, -0.2) is 34.2 Å². The lowest BCUT2D eigenvalue weighted by Gasteiger charge is -2.12. The Bertz CT molecular complexity index is 447. The number of aromatic nitrogens is 2. The number of hydrogen-bond donors (Lipinski definition) is 2. The molecule has 0 spiro atoms. The number of carboxylic acid groups (broad SMARTS) is 1. The molecule has 0 aliphatic rings. The molecule has 1 aromatic heterocycles. The summed E-state index contributed by atoms with van der Waals surface area (Å²) in [5.41, 5.74) is 1.54. The predicted molar refractivity (Wildman–Crippen MR) is 72.6 cm³/mol. The van der Waals surface area contributed by atoms with Crippen LogP contribution in [0.5, 0.6) is 5.88 Å². The van der Waals surface area contributed by atoms with E-state index in [1.807, 2.05) is 13.8 Å². The number of anilines is 1. The fourth-order valence-corrected chi connectivity index (χ4v) is 1.42. The van der Waals surface area contributed by atoms with Crippen LogP contribution in [0, 0.1) is 19.8 Å². The lowest BCUT2D eigenvalue weighted by atomic mass is 10.1. The van der Waals surface area contributed by atoms with Crippen molar-refractivity contribution in [2.24, 2.45) is 5.92 Å². The maximum Gasteiger partial charge on any atom is 0.341 e. The second-order valence-corrected chi connectivity index (χ2v) is 4.85. The molecule has 0 amide bonds. The molecule has 0 fully saturated rings. The number of aryl methyl sites for hydroxylation is 1. The molecule has 0 aliphatic heterocycles. The third-order valence-electron chi connectivity index (χ3n) is 2.68. The third kappa shape index (κ3) is 5.11. The number of nitrogens with one attached hydrogen (secondary N) is 1. The average molecular weight is 267 g/mol. The van der Waals surface area contributed by atoms with Gasteiger partial charge in [-0.05, 0) is 26.2 Å². The third-order valence-corrected chi connectivity index (χ3v) is 2.68. The van der Waals surface area contributed by atoms with Gasteiger partial charge in [0.05, 0.1) is 0 Å². The summed E-state index contributed by atoms with van der Waals surface area (Å²) >= 11 is 0. The van der Waals surface area contributed by atoms with Crippen LogP contribution in [0.2, 0.25) is 0 Å². The van der Waals surface area contributed by atoms with E-state index in [4.69, 9.17) is 9.84 Å². The van der Waals surface area contributed by atoms with Crippen LogP contribution >= 0.6 is 0 Å². The number of carbonyl (C=O) groups is 1. The Balaban J connectivity index is 2.74. The van der Waals surface area contributed by atoms with E-state index in [0.29, 0.717) is 17.7 Å². The molecule has 0 aliphatic carbocycles. The van der Waals surface area contributed by atoms with Gasteiger partial charge in [0.1, 0.15) is 0 Å². The van der Waals surface area contributed by atoms with Gasteiger partial charge >= 0.3 is 5.97 Å². The van der Waals surface area contributed by atoms with Gasteiger partial charge in [-0.3, -0.25) is 0 Å². The molecule has 1 heterocycles. The number of aliphatic carboxylic acids is 1. The highest BCUT2D eigenvalue weighted by atomic mass is 16.5. The number of ether oxygens (including phenoxy) is 1. The first-order chi connectivity index (χ1) is 8.90. The van der Waals surface area contributed by atoms with Crippen molar-refractivity contribution in [3.63, 3.8) is 0 Å². The standard InChI is InChI=1S/C13H21N3O3/c1-8(2)5-6-14-13-15-10(4)9(3)12(16-13)19-7-11(17)18/h8H,5-7H2,1-4H3,(H,17,18)(H,14,15,16). The predicted octanol–water partition coefficient (Wildman–Crippen LogP) is 2.01. The van der Waals surface area contributed by atoms with Gasteiger partial charge in [0.15, 0.2) is 6.61 Å². The molecule has 0 aromatic carbocycles. The van der Waals surface area contributed by atoms with E-state index < -0.39 is 12.6 Å². The quantitative estimate of drug-likeness (QED) is 0.786. The van der Waals surface area contributed by atoms with Crippen LogP contribution in [0.1, 0.15) is 31.5 Å². The molecular weight excluding hydrogens is 246 g/mol. The van der Waals surface area contributed by atoms with Crippen molar-refractivity contribution in [2.45, 2.75) is 34.1 Å². The molecule has 6 heteroatoms. The van der Waals surface area contributed by atoms with Crippen LogP contribution in [0.15, 0.2) is 0 Å². The van der Waals surface area contributed by atoms with Crippen LogP contribution in [0.4, 0.5) is 5.95 Å². The highest BCUT2D eigenvalue weighted by Crippen LogP contribution is 2.19. The van der Waals surface area contributed by atoms with Gasteiger partial charge in [-0.15, -0.1) is 0 Å². The van der Waals surface area contributed by atoms with E-state index >= 15 is 0 Å². The fraction of sp³-hybridized carbons (Fsp3) is 0.615. The van der Waals surface area contributed by atoms with Crippen LogP contribution in [0.3, 0.4) is 0 Å². The van der Waals surface area contributed by atoms with Crippen molar-refractivity contribution in [2.75, 3.05) is 18.5 Å². The number of nitrogens with zero attached hydrogens (tertiary/aromatic N) is 2. The molecule has 0 bridgehead atoms. The zero-order valence-electron chi connectivity index (χ0n) is 11.9. The lowest BCUT2D eigenvalue weighted by Crippen LogP contribution is -2.14. The Morgan fingerprint density at radius 3 is 2.63 bits per heavy atom. The Labute approximate surface area is 113 Å². The monoisotopic (exact) mass is 267 g/mol. The summed E-state index contributed by atoms with van der Waals surface area (Å²) in [6, 6.07) is 0. The van der Waals surface area contributed by atoms with Crippen LogP contribution in [-0.2, 0) is 4.79 Å². The van der Waals surface area contributed by atoms with Crippen molar-refractivity contribution in [3.8, 4) is 5.88 Å². The molecule has 19 heavy (non-hydrogen) atoms. The summed E-state index contributed by atoms with van der Waals surface area (Å²) in [5, 5.41) is 11.7. The van der Waals surface area contributed by atoms with E-state index in [1.54, 1.807) is 0 Å². The molecule has 0 saturated carbocycles. The minimum atomic E-state index is -1.02. The van der Waals surface area contributed by atoms with Gasteiger partial charge in [0.2, 0.25) is 11.8 Å². The minimum absolute atomic E-state index is 0.321. The lowest BCUT2D eigenvalue weighted by molar-refractivity contribution is -0.139. The number of rotatable bonds is 7. The van der Waals surface area contributed by atoms with E-state index in [2.05, 4.69) is 29.1 Å². The van der Waals surface area contributed by atoms with Crippen LogP contribution in [0.25, 0.3) is 0 Å². The molecule has 0 saturated heterocycles. The summed E-state index contributed by atoms with van der Waals surface area (Å²) in [5.74, 6) is 0.373. The summed E-state index contributed by atoms with van der Waals surface area (Å²) in [4.78, 5) is 19.0. The number of carboxylic acids is 1. The molecule has 106 valence electrons. The van der Waals surface area contributed by atoms with Gasteiger partial charge in [-0.25, -0.2) is 9.78 Å². The summed E-state index contributed by atoms with van der Waals surface area (Å²) in [6.07, 6.45) is 1.02. The van der Waals surface area contributed by atoms with E-state index in [9.17, 15) is 4.79 Å². The maximum absolute atomic E-state index is 10.5. The Morgan fingerprint density at radius 1 is 1.37 bits per heavy atom. The zero-order chi connectivity index (χ0) is 14.4. The molecule has 1 aromatic rings. The molecule has 0 radical (unpaired) electrons. The van der Waals surface area contributed by atoms with Gasteiger partial charge < -0.3 is 15.2 Å². The Morgan fingerprint density at radius 2 is 2.05 bits per heavy atom. The first-order valence-electron chi connectivity index (χ1n) is 6.34. The largest absolute Gasteiger partial charge is 0.479 e. The van der Waals surface area contributed by atoms with Crippen molar-refractivity contribution in [1.82, 2.24) is 9.97 Å². The Kier molecular flexibility index (Phi) is 5.54. The van der Waals surface area contributed by atoms with Crippen molar-refractivity contribution in [1.29, 1.82) is 0 Å². The molecule has 6 nitrogen and oxygen atoms in total. The summed E-state index contributed by atoms with van der Waals surface area (Å²) in [6.45, 7) is 8.32. The van der Waals surface area contributed by atoms with E-state index in [0.717, 1.165) is 24.2 Å². The maximum atomic E-state index is 10.5. The SMILES string of the molecule is Cc1nc(NCCC(C)C)nc(OCC(=O)O)c1C. The zero-order valence-corrected chi connectivity index (χ0v) is 11.9. The first-order valence-corrected chi connectivity index (χ1v) is 6.34. The second-order valence-electron chi connectivity index (χ2n) is 4.85. The normalized spacial score (nSPS) is 10.6. The van der Waals surface area contributed by atoms with Crippen molar-refractivity contribution in [3.05, 3.63) is 11.3 Å². The van der Waals surface area contributed by atoms with Gasteiger partial charge in [0, 0.05) is 17.8 Å². The molecule has 1 rings (SSSR count). The first kappa shape index (κ1) is 15.2. The average Bonchev–Trinajstić information content (AvgIpc) is 2.31. The topological polar surface area (TPSA) is 84.3 Å². The second kappa shape index (κ2) is 6.92. The van der Waals surface area contributed by atoms with Crippen LogP contribution < -0.4 is 10.1 Å². The molecule has 2 N–H and O–H groups in total. The Hall–Kier alpha value is -1.85. The summed E-state index contributed by atoms with van der Waals surface area (Å²) in [7, 11) is 0. The van der Waals surface area contributed by atoms with Crippen molar-refractivity contribution >= 4 is 11.9 Å². The minimum Gasteiger partial charge on any atom is -0.479 e. The fourth-order valence-electron chi connectivity index (χ4n) is 1.42. The van der Waals surface area contributed by atoms with E-state index in [1.165, 1.54) is 0 Å². The summed E-state index contributed by atoms with van der Waals surface area (Å²) < 4.78 is 5.16. The molecule has 0 unspecified atom stereocenters. The van der Waals surface area contributed by atoms with Gasteiger partial charge in [-0.2, -0.15) is 4.98 Å². The van der Waals surface area contributed by atoms with Gasteiger partial charge in [0.25, 0.3) is 0 Å². The number of hydrogen-bond acceptors (Lipinski definition) is 5. The van der Waals surface area contributed by atoms with E-state index in [-0.39, 0.29) is 0 Å². The molecular formula is C13H21N3O3. The van der Waals surface area contributed by atoms with Crippen molar-refractivity contribution < 1.29 is 14.6 Å². The van der Waals surface area contributed by atoms with Gasteiger partial charge in [-0.1, -0.05) is 13.8 Å². The highest BCUT2D eigenvalue weighted by Gasteiger charge is 2.10.